The number of aromatic nitrogens is 5. The molecule has 1 fully saturated rings. The summed E-state index contributed by atoms with van der Waals surface area (Å²) in [4.78, 5) is 40.4. The molecule has 1 aromatic carbocycles. The highest BCUT2D eigenvalue weighted by molar-refractivity contribution is 5.94. The maximum absolute atomic E-state index is 13.2. The molecule has 1 aliphatic rings. The molecule has 1 atom stereocenters. The van der Waals surface area contributed by atoms with E-state index in [-0.39, 0.29) is 17.5 Å². The van der Waals surface area contributed by atoms with Crippen LogP contribution in [0.5, 0.6) is 0 Å². The number of rotatable bonds is 4. The van der Waals surface area contributed by atoms with Gasteiger partial charge in [0, 0.05) is 30.6 Å². The maximum atomic E-state index is 13.2. The fourth-order valence-electron chi connectivity index (χ4n) is 3.95. The van der Waals surface area contributed by atoms with Crippen LogP contribution in [-0.4, -0.2) is 48.1 Å². The van der Waals surface area contributed by atoms with Gasteiger partial charge in [0.25, 0.3) is 11.5 Å². The lowest BCUT2D eigenvalue weighted by Crippen LogP contribution is -2.41. The molecule has 4 aromatic rings. The molecule has 4 heterocycles. The maximum Gasteiger partial charge on any atom is 0.274 e. The van der Waals surface area contributed by atoms with Crippen LogP contribution in [0.1, 0.15) is 23.3 Å². The zero-order valence-electron chi connectivity index (χ0n) is 16.8. The zero-order valence-corrected chi connectivity index (χ0v) is 16.8. The summed E-state index contributed by atoms with van der Waals surface area (Å²) < 4.78 is 1.44. The van der Waals surface area contributed by atoms with Crippen molar-refractivity contribution in [1.82, 2.24) is 29.6 Å². The van der Waals surface area contributed by atoms with Crippen molar-refractivity contribution in [2.24, 2.45) is 0 Å². The number of amides is 1. The monoisotopic (exact) mass is 412 g/mol. The first-order valence-electron chi connectivity index (χ1n) is 10.2. The lowest BCUT2D eigenvalue weighted by Gasteiger charge is -2.24. The van der Waals surface area contributed by atoms with Crippen LogP contribution in [0.4, 0.5) is 0 Å². The molecule has 154 valence electrons. The number of carbonyl (C=O) groups excluding carboxylic acids is 1. The van der Waals surface area contributed by atoms with E-state index >= 15 is 0 Å². The first-order valence-corrected chi connectivity index (χ1v) is 10.2. The molecular weight excluding hydrogens is 392 g/mol. The van der Waals surface area contributed by atoms with Gasteiger partial charge < -0.3 is 4.90 Å². The molecule has 0 saturated carbocycles. The minimum absolute atomic E-state index is 0.130. The number of benzene rings is 1. The van der Waals surface area contributed by atoms with E-state index in [9.17, 15) is 9.59 Å². The number of fused-ring (bicyclic) bond motifs is 1. The van der Waals surface area contributed by atoms with Gasteiger partial charge in [-0.1, -0.05) is 12.1 Å². The minimum atomic E-state index is -0.197. The van der Waals surface area contributed by atoms with Gasteiger partial charge in [-0.05, 0) is 43.2 Å². The molecule has 31 heavy (non-hydrogen) atoms. The Hall–Kier alpha value is -3.94. The van der Waals surface area contributed by atoms with E-state index in [2.05, 4.69) is 20.1 Å². The predicted octanol–water partition coefficient (Wildman–Crippen LogP) is 2.55. The van der Waals surface area contributed by atoms with Crippen molar-refractivity contribution >= 4 is 16.9 Å². The number of hydrogen-bond acceptors (Lipinski definition) is 6. The van der Waals surface area contributed by atoms with E-state index < -0.39 is 0 Å². The fraction of sp³-hybridized carbons (Fsp3) is 0.217. The van der Waals surface area contributed by atoms with Gasteiger partial charge in [-0.25, -0.2) is 9.67 Å². The standard InChI is InChI=1S/C23H20N6O2/c30-22-10-9-18(16-5-3-11-24-13-16)27-29(22)15-17-6-4-12-28(17)23(31)21-14-25-19-7-1-2-8-20(19)26-21/h1-3,5,7-11,13-14,17H,4,6,12,15H2. The number of carbonyl (C=O) groups is 1. The Morgan fingerprint density at radius 1 is 1.03 bits per heavy atom. The Morgan fingerprint density at radius 2 is 1.90 bits per heavy atom. The van der Waals surface area contributed by atoms with Gasteiger partial charge in [0.05, 0.1) is 35.5 Å². The fourth-order valence-corrected chi connectivity index (χ4v) is 3.95. The number of likely N-dealkylation sites (tertiary alicyclic amines) is 1. The summed E-state index contributed by atoms with van der Waals surface area (Å²) in [6, 6.07) is 14.3. The second kappa shape index (κ2) is 8.06. The number of hydrogen-bond donors (Lipinski definition) is 0. The highest BCUT2D eigenvalue weighted by Gasteiger charge is 2.31. The van der Waals surface area contributed by atoms with Crippen molar-refractivity contribution in [3.63, 3.8) is 0 Å². The van der Waals surface area contributed by atoms with Gasteiger partial charge in [-0.3, -0.25) is 19.6 Å². The van der Waals surface area contributed by atoms with E-state index in [0.717, 1.165) is 23.9 Å². The normalized spacial score (nSPS) is 16.0. The Morgan fingerprint density at radius 3 is 2.74 bits per heavy atom. The van der Waals surface area contributed by atoms with Crippen molar-refractivity contribution in [3.8, 4) is 11.3 Å². The predicted molar refractivity (Wildman–Crippen MR) is 115 cm³/mol. The molecule has 1 amide bonds. The van der Waals surface area contributed by atoms with Crippen LogP contribution in [0.15, 0.2) is 71.9 Å². The van der Waals surface area contributed by atoms with Crippen LogP contribution < -0.4 is 5.56 Å². The Kier molecular flexibility index (Phi) is 4.95. The second-order valence-corrected chi connectivity index (χ2v) is 7.52. The zero-order chi connectivity index (χ0) is 21.2. The molecule has 0 bridgehead atoms. The quantitative estimate of drug-likeness (QED) is 0.511. The third kappa shape index (κ3) is 3.79. The highest BCUT2D eigenvalue weighted by Crippen LogP contribution is 2.22. The first kappa shape index (κ1) is 19.0. The van der Waals surface area contributed by atoms with Crippen molar-refractivity contribution in [3.05, 3.63) is 83.2 Å². The van der Waals surface area contributed by atoms with Crippen LogP contribution in [0.3, 0.4) is 0 Å². The molecule has 8 heteroatoms. The Labute approximate surface area is 178 Å². The summed E-state index contributed by atoms with van der Waals surface area (Å²) in [5.41, 5.74) is 3.06. The molecule has 0 aliphatic carbocycles. The third-order valence-corrected chi connectivity index (χ3v) is 5.51. The summed E-state index contributed by atoms with van der Waals surface area (Å²) in [7, 11) is 0. The van der Waals surface area contributed by atoms with Gasteiger partial charge in [0.2, 0.25) is 0 Å². The lowest BCUT2D eigenvalue weighted by molar-refractivity contribution is 0.0714. The molecular formula is C23H20N6O2. The molecule has 8 nitrogen and oxygen atoms in total. The third-order valence-electron chi connectivity index (χ3n) is 5.51. The minimum Gasteiger partial charge on any atom is -0.332 e. The topological polar surface area (TPSA) is 93.9 Å². The Balaban J connectivity index is 1.40. The number of para-hydroxylation sites is 2. The van der Waals surface area contributed by atoms with Gasteiger partial charge in [-0.2, -0.15) is 5.10 Å². The van der Waals surface area contributed by atoms with Crippen LogP contribution in [-0.2, 0) is 6.54 Å². The summed E-state index contributed by atoms with van der Waals surface area (Å²) in [5.74, 6) is -0.169. The van der Waals surface area contributed by atoms with E-state index in [4.69, 9.17) is 0 Å². The summed E-state index contributed by atoms with van der Waals surface area (Å²) in [6.45, 7) is 0.953. The molecule has 0 spiro atoms. The molecule has 0 radical (unpaired) electrons. The average molecular weight is 412 g/mol. The van der Waals surface area contributed by atoms with Crippen molar-refractivity contribution in [1.29, 1.82) is 0 Å². The number of pyridine rings is 1. The molecule has 3 aromatic heterocycles. The van der Waals surface area contributed by atoms with E-state index in [1.807, 2.05) is 36.4 Å². The lowest BCUT2D eigenvalue weighted by atomic mass is 10.2. The molecule has 1 saturated heterocycles. The molecule has 1 aliphatic heterocycles. The van der Waals surface area contributed by atoms with Crippen LogP contribution in [0.25, 0.3) is 22.3 Å². The molecule has 1 unspecified atom stereocenters. The largest absolute Gasteiger partial charge is 0.332 e. The van der Waals surface area contributed by atoms with Crippen molar-refractivity contribution < 1.29 is 4.79 Å². The van der Waals surface area contributed by atoms with Gasteiger partial charge in [0.1, 0.15) is 5.69 Å². The van der Waals surface area contributed by atoms with Gasteiger partial charge in [-0.15, -0.1) is 0 Å². The summed E-state index contributed by atoms with van der Waals surface area (Å²) in [5, 5.41) is 4.51. The van der Waals surface area contributed by atoms with Crippen molar-refractivity contribution in [2.75, 3.05) is 6.54 Å². The first-order chi connectivity index (χ1) is 15.2. The van der Waals surface area contributed by atoms with Crippen LogP contribution in [0, 0.1) is 0 Å². The summed E-state index contributed by atoms with van der Waals surface area (Å²) in [6.07, 6.45) is 6.60. The smallest absolute Gasteiger partial charge is 0.274 e. The second-order valence-electron chi connectivity index (χ2n) is 7.52. The number of nitrogens with zero attached hydrogens (tertiary/aromatic N) is 6. The summed E-state index contributed by atoms with van der Waals surface area (Å²) >= 11 is 0. The molecule has 5 rings (SSSR count). The van der Waals surface area contributed by atoms with Crippen LogP contribution >= 0.6 is 0 Å². The van der Waals surface area contributed by atoms with Crippen molar-refractivity contribution in [2.45, 2.75) is 25.4 Å². The SMILES string of the molecule is O=C(c1cnc2ccccc2n1)N1CCCC1Cn1nc(-c2cccnc2)ccc1=O. The van der Waals surface area contributed by atoms with Crippen LogP contribution in [0.2, 0.25) is 0 Å². The average Bonchev–Trinajstić information content (AvgIpc) is 3.28. The molecule has 0 N–H and O–H groups in total. The van der Waals surface area contributed by atoms with Gasteiger partial charge in [0.15, 0.2) is 0 Å². The van der Waals surface area contributed by atoms with Gasteiger partial charge >= 0.3 is 0 Å². The Bertz CT molecular complexity index is 1300. The highest BCUT2D eigenvalue weighted by atomic mass is 16.2. The van der Waals surface area contributed by atoms with E-state index in [1.165, 1.54) is 16.9 Å². The van der Waals surface area contributed by atoms with E-state index in [0.29, 0.717) is 30.0 Å². The van der Waals surface area contributed by atoms with E-state index in [1.54, 1.807) is 23.4 Å².